The smallest absolute Gasteiger partial charge is 0.189 e. The third-order valence-corrected chi connectivity index (χ3v) is 9.82. The molecule has 0 radical (unpaired) electrons. The number of aryl methyl sites for hydroxylation is 3. The zero-order valence-corrected chi connectivity index (χ0v) is 23.6. The first-order valence-electron chi connectivity index (χ1n) is 14.2. The molecule has 5 aromatic rings. The van der Waals surface area contributed by atoms with Gasteiger partial charge in [-0.05, 0) is 86.2 Å². The molecule has 3 nitrogen and oxygen atoms in total. The number of unbranched alkanes of at least 4 members (excludes halogenated alkanes) is 1. The Morgan fingerprint density at radius 2 is 1.65 bits per heavy atom. The molecule has 37 heavy (non-hydrogen) atoms. The van der Waals surface area contributed by atoms with E-state index in [9.17, 15) is 0 Å². The minimum atomic E-state index is -0.145. The van der Waals surface area contributed by atoms with Gasteiger partial charge in [-0.1, -0.05) is 81.3 Å². The maximum Gasteiger partial charge on any atom is 0.315 e. The summed E-state index contributed by atoms with van der Waals surface area (Å²) in [6.45, 7) is 16.3. The van der Waals surface area contributed by atoms with Crippen molar-refractivity contribution in [3.8, 4) is 11.4 Å². The zero-order chi connectivity index (χ0) is 26.1. The van der Waals surface area contributed by atoms with Gasteiger partial charge in [-0.15, -0.1) is 0 Å². The molecule has 6 rings (SSSR count). The lowest BCUT2D eigenvalue weighted by Crippen LogP contribution is -2.53. The molecule has 3 heterocycles. The van der Waals surface area contributed by atoms with Crippen molar-refractivity contribution in [2.24, 2.45) is 0 Å². The number of hydrogen-bond acceptors (Lipinski definition) is 1. The molecule has 190 valence electrons. The second kappa shape index (κ2) is 8.41. The van der Waals surface area contributed by atoms with Crippen LogP contribution in [0.15, 0.2) is 54.6 Å². The quantitative estimate of drug-likeness (QED) is 0.179. The molecular formula is C34H40N3+. The fourth-order valence-electron chi connectivity index (χ4n) is 7.20. The van der Waals surface area contributed by atoms with E-state index in [1.807, 2.05) is 0 Å². The average Bonchev–Trinajstić information content (AvgIpc) is 3.31. The van der Waals surface area contributed by atoms with Crippen LogP contribution in [-0.2, 0) is 17.4 Å². The molecule has 1 aliphatic heterocycles. The molecular weight excluding hydrogens is 450 g/mol. The second-order valence-corrected chi connectivity index (χ2v) is 11.7. The van der Waals surface area contributed by atoms with Crippen molar-refractivity contribution in [1.29, 1.82) is 0 Å². The largest absolute Gasteiger partial charge is 0.315 e. The Bertz CT molecular complexity index is 1690. The molecule has 0 spiro atoms. The topological polar surface area (TPSA) is 21.9 Å². The van der Waals surface area contributed by atoms with Gasteiger partial charge in [0.15, 0.2) is 0 Å². The van der Waals surface area contributed by atoms with Gasteiger partial charge in [-0.2, -0.15) is 4.40 Å². The van der Waals surface area contributed by atoms with Crippen LogP contribution in [-0.4, -0.2) is 9.78 Å². The minimum Gasteiger partial charge on any atom is -0.189 e. The summed E-state index contributed by atoms with van der Waals surface area (Å²) in [4.78, 5) is 0. The van der Waals surface area contributed by atoms with Crippen molar-refractivity contribution >= 4 is 27.3 Å². The summed E-state index contributed by atoms with van der Waals surface area (Å²) in [7, 11) is 0. The lowest BCUT2D eigenvalue weighted by Gasteiger charge is -2.46. The number of nitrogens with zero attached hydrogens (tertiary/aromatic N) is 3. The van der Waals surface area contributed by atoms with E-state index in [2.05, 4.69) is 112 Å². The zero-order valence-electron chi connectivity index (χ0n) is 23.6. The highest BCUT2D eigenvalue weighted by atomic mass is 15.4. The lowest BCUT2D eigenvalue weighted by molar-refractivity contribution is -0.470. The standard InChI is InChI=1S/C34H40N3/c1-8-11-16-24-20-23(5)30-27(21-24)25-18-14-15-22(4)29(25)31-35-37-32(36(30)31)26-17-12-13-19-28(26)33(6,9-2)34(37,7)10-3/h12-15,17-21H,8-11,16H2,1-7H3/q+1. The monoisotopic (exact) mass is 490 g/mol. The SMILES string of the molecule is CCCCc1cc(C)c2c(c1)c1cccc(C)c1c1nn3c([n+]12)-c1ccccc1C(C)(CC)C3(C)CC. The molecule has 0 fully saturated rings. The molecule has 0 N–H and O–H groups in total. The van der Waals surface area contributed by atoms with Crippen molar-refractivity contribution in [3.05, 3.63) is 76.9 Å². The molecule has 2 aromatic heterocycles. The Labute approximate surface area is 221 Å². The first-order valence-corrected chi connectivity index (χ1v) is 14.2. The Morgan fingerprint density at radius 3 is 2.38 bits per heavy atom. The van der Waals surface area contributed by atoms with E-state index in [0.717, 1.165) is 24.9 Å². The Balaban J connectivity index is 1.88. The van der Waals surface area contributed by atoms with Gasteiger partial charge >= 0.3 is 5.65 Å². The summed E-state index contributed by atoms with van der Waals surface area (Å²) in [5.41, 5.74) is 9.02. The minimum absolute atomic E-state index is 0.0169. The Hall–Kier alpha value is -3.20. The van der Waals surface area contributed by atoms with Crippen molar-refractivity contribution in [1.82, 2.24) is 9.78 Å². The molecule has 0 amide bonds. The molecule has 1 aliphatic rings. The van der Waals surface area contributed by atoms with Crippen molar-refractivity contribution in [3.63, 3.8) is 0 Å². The third-order valence-electron chi connectivity index (χ3n) is 9.82. The average molecular weight is 491 g/mol. The van der Waals surface area contributed by atoms with Gasteiger partial charge in [0, 0.05) is 15.9 Å². The number of fused-ring (bicyclic) bond motifs is 10. The van der Waals surface area contributed by atoms with Crippen LogP contribution in [0.3, 0.4) is 0 Å². The van der Waals surface area contributed by atoms with E-state index in [1.165, 1.54) is 68.2 Å². The molecule has 0 aliphatic carbocycles. The number of aromatic nitrogens is 3. The maximum atomic E-state index is 5.55. The summed E-state index contributed by atoms with van der Waals surface area (Å²) in [5, 5.41) is 9.49. The number of pyridine rings is 1. The lowest BCUT2D eigenvalue weighted by atomic mass is 9.61. The summed E-state index contributed by atoms with van der Waals surface area (Å²) < 4.78 is 4.91. The van der Waals surface area contributed by atoms with Crippen LogP contribution in [0.25, 0.3) is 38.7 Å². The summed E-state index contributed by atoms with van der Waals surface area (Å²) in [6, 6.07) is 20.7. The van der Waals surface area contributed by atoms with Gasteiger partial charge in [0.05, 0.1) is 10.9 Å². The molecule has 0 bridgehead atoms. The Morgan fingerprint density at radius 1 is 0.865 bits per heavy atom. The number of benzene rings is 3. The molecule has 0 saturated carbocycles. The van der Waals surface area contributed by atoms with Gasteiger partial charge < -0.3 is 0 Å². The van der Waals surface area contributed by atoms with Crippen LogP contribution in [0.1, 0.15) is 82.6 Å². The fourth-order valence-corrected chi connectivity index (χ4v) is 7.20. The van der Waals surface area contributed by atoms with Crippen molar-refractivity contribution < 1.29 is 4.40 Å². The molecule has 0 saturated heterocycles. The van der Waals surface area contributed by atoms with E-state index in [1.54, 1.807) is 0 Å². The first-order chi connectivity index (χ1) is 17.8. The molecule has 2 atom stereocenters. The summed E-state index contributed by atoms with van der Waals surface area (Å²) in [5.74, 6) is 1.22. The van der Waals surface area contributed by atoms with E-state index in [-0.39, 0.29) is 11.0 Å². The van der Waals surface area contributed by atoms with Crippen molar-refractivity contribution in [2.45, 2.75) is 91.5 Å². The number of hydrogen-bond donors (Lipinski definition) is 0. The summed E-state index contributed by atoms with van der Waals surface area (Å²) >= 11 is 0. The van der Waals surface area contributed by atoms with Crippen LogP contribution >= 0.6 is 0 Å². The van der Waals surface area contributed by atoms with E-state index in [0.29, 0.717) is 0 Å². The van der Waals surface area contributed by atoms with Crippen LogP contribution < -0.4 is 4.40 Å². The van der Waals surface area contributed by atoms with Gasteiger partial charge in [-0.25, -0.2) is 0 Å². The molecule has 3 aromatic carbocycles. The summed E-state index contributed by atoms with van der Waals surface area (Å²) in [6.07, 6.45) is 5.64. The maximum absolute atomic E-state index is 5.55. The molecule has 3 heteroatoms. The van der Waals surface area contributed by atoms with Crippen LogP contribution in [0.4, 0.5) is 0 Å². The van der Waals surface area contributed by atoms with E-state index in [4.69, 9.17) is 5.10 Å². The van der Waals surface area contributed by atoms with E-state index >= 15 is 0 Å². The molecule has 2 unspecified atom stereocenters. The van der Waals surface area contributed by atoms with Crippen LogP contribution in [0, 0.1) is 13.8 Å². The van der Waals surface area contributed by atoms with Crippen LogP contribution in [0.2, 0.25) is 0 Å². The third kappa shape index (κ3) is 3.06. The predicted molar refractivity (Wildman–Crippen MR) is 156 cm³/mol. The first kappa shape index (κ1) is 24.2. The second-order valence-electron chi connectivity index (χ2n) is 11.7. The van der Waals surface area contributed by atoms with Gasteiger partial charge in [0.25, 0.3) is 5.82 Å². The highest BCUT2D eigenvalue weighted by Crippen LogP contribution is 2.52. The van der Waals surface area contributed by atoms with Crippen molar-refractivity contribution in [2.75, 3.05) is 0 Å². The van der Waals surface area contributed by atoms with Gasteiger partial charge in [0.1, 0.15) is 11.1 Å². The fraction of sp³-hybridized carbons (Fsp3) is 0.412. The Kier molecular flexibility index (Phi) is 5.49. The highest BCUT2D eigenvalue weighted by molar-refractivity contribution is 6.11. The van der Waals surface area contributed by atoms with Gasteiger partial charge in [0.2, 0.25) is 0 Å². The normalized spacial score (nSPS) is 21.1. The number of rotatable bonds is 5. The van der Waals surface area contributed by atoms with E-state index < -0.39 is 0 Å². The van der Waals surface area contributed by atoms with Gasteiger partial charge in [-0.3, -0.25) is 0 Å². The predicted octanol–water partition coefficient (Wildman–Crippen LogP) is 8.36. The highest BCUT2D eigenvalue weighted by Gasteiger charge is 2.56. The van der Waals surface area contributed by atoms with Crippen LogP contribution in [0.5, 0.6) is 0 Å².